The number of hydrogen-bond donors (Lipinski definition) is 0. The van der Waals surface area contributed by atoms with Crippen LogP contribution in [0.2, 0.25) is 0 Å². The number of likely N-dealkylation sites (N-methyl/N-ethyl adjacent to an activating group) is 1. The Morgan fingerprint density at radius 2 is 2.00 bits per heavy atom. The molecule has 0 unspecified atom stereocenters. The first kappa shape index (κ1) is 15.3. The van der Waals surface area contributed by atoms with Gasteiger partial charge in [-0.1, -0.05) is 18.1 Å². The van der Waals surface area contributed by atoms with Gasteiger partial charge in [0.15, 0.2) is 0 Å². The number of rotatable bonds is 3. The zero-order chi connectivity index (χ0) is 16.2. The summed E-state index contributed by atoms with van der Waals surface area (Å²) in [6.07, 6.45) is 3.72. The lowest BCUT2D eigenvalue weighted by Gasteiger charge is -2.12. The minimum absolute atomic E-state index is 0.681. The quantitative estimate of drug-likeness (QED) is 0.642. The molecule has 0 radical (unpaired) electrons. The van der Waals surface area contributed by atoms with Crippen LogP contribution in [0, 0.1) is 11.8 Å². The molecule has 0 fully saturated rings. The molecule has 3 rings (SSSR count). The summed E-state index contributed by atoms with van der Waals surface area (Å²) >= 11 is 1.54. The summed E-state index contributed by atoms with van der Waals surface area (Å²) in [5.74, 6) is 6.15. The van der Waals surface area contributed by atoms with E-state index >= 15 is 0 Å². The number of carbonyl (C=O) groups excluding carboxylic acids is 1. The molecule has 3 nitrogen and oxygen atoms in total. The molecular weight excluding hydrogens is 304 g/mol. The Morgan fingerprint density at radius 1 is 1.22 bits per heavy atom. The Hall–Kier alpha value is -2.64. The predicted octanol–water partition coefficient (Wildman–Crippen LogP) is 3.34. The van der Waals surface area contributed by atoms with E-state index in [4.69, 9.17) is 0 Å². The van der Waals surface area contributed by atoms with Crippen molar-refractivity contribution in [3.05, 3.63) is 69.3 Å². The van der Waals surface area contributed by atoms with Crippen molar-refractivity contribution in [3.8, 4) is 11.8 Å². The molecule has 1 aromatic heterocycles. The van der Waals surface area contributed by atoms with Crippen LogP contribution >= 0.6 is 11.3 Å². The third kappa shape index (κ3) is 3.41. The highest BCUT2D eigenvalue weighted by Gasteiger charge is 2.17. The number of benzene rings is 1. The van der Waals surface area contributed by atoms with Gasteiger partial charge in [-0.15, -0.1) is 11.3 Å². The highest BCUT2D eigenvalue weighted by atomic mass is 32.1. The minimum atomic E-state index is 0.681. The van der Waals surface area contributed by atoms with Gasteiger partial charge in [0.05, 0.1) is 5.51 Å². The van der Waals surface area contributed by atoms with Crippen LogP contribution in [0.3, 0.4) is 0 Å². The van der Waals surface area contributed by atoms with Gasteiger partial charge in [-0.3, -0.25) is 4.79 Å². The van der Waals surface area contributed by atoms with Gasteiger partial charge in [0, 0.05) is 42.7 Å². The standard InChI is InChI=1S/C19H16N2OS/c1-21(2)19-10-16(9-17(19)11-22)15-6-3-14(4-7-15)5-8-18-12-23-13-20-18/h3-4,6-7,10-13H,9H2,1-2H3. The summed E-state index contributed by atoms with van der Waals surface area (Å²) in [5, 5.41) is 1.93. The fraction of sp³-hybridized carbons (Fsp3) is 0.158. The molecule has 0 atom stereocenters. The third-order valence-corrected chi connectivity index (χ3v) is 4.25. The molecule has 1 aliphatic carbocycles. The van der Waals surface area contributed by atoms with Crippen molar-refractivity contribution in [2.75, 3.05) is 14.1 Å². The molecule has 2 aromatic rings. The molecule has 0 N–H and O–H groups in total. The lowest BCUT2D eigenvalue weighted by atomic mass is 10.0. The number of aromatic nitrogens is 1. The maximum Gasteiger partial charge on any atom is 0.148 e. The van der Waals surface area contributed by atoms with Gasteiger partial charge in [0.1, 0.15) is 12.0 Å². The molecule has 0 aliphatic heterocycles. The maximum absolute atomic E-state index is 11.2. The van der Waals surface area contributed by atoms with Crippen LogP contribution in [0.15, 0.2) is 52.5 Å². The molecule has 0 bridgehead atoms. The van der Waals surface area contributed by atoms with E-state index in [1.54, 1.807) is 16.8 Å². The molecular formula is C19H16N2OS. The summed E-state index contributed by atoms with van der Waals surface area (Å²) in [6, 6.07) is 8.11. The van der Waals surface area contributed by atoms with E-state index in [2.05, 4.69) is 35.0 Å². The van der Waals surface area contributed by atoms with Gasteiger partial charge < -0.3 is 4.90 Å². The molecule has 1 heterocycles. The highest BCUT2D eigenvalue weighted by molar-refractivity contribution is 7.07. The zero-order valence-corrected chi connectivity index (χ0v) is 13.9. The van der Waals surface area contributed by atoms with Crippen molar-refractivity contribution in [3.63, 3.8) is 0 Å². The van der Waals surface area contributed by atoms with Gasteiger partial charge in [-0.25, -0.2) is 4.98 Å². The Balaban J connectivity index is 1.79. The molecule has 0 spiro atoms. The van der Waals surface area contributed by atoms with E-state index in [1.807, 2.05) is 36.5 Å². The first-order valence-electron chi connectivity index (χ1n) is 7.24. The summed E-state index contributed by atoms with van der Waals surface area (Å²) < 4.78 is 0. The Morgan fingerprint density at radius 3 is 2.57 bits per heavy atom. The van der Waals surface area contributed by atoms with E-state index in [-0.39, 0.29) is 0 Å². The van der Waals surface area contributed by atoms with Gasteiger partial charge in [0.25, 0.3) is 0 Å². The highest BCUT2D eigenvalue weighted by Crippen LogP contribution is 2.32. The van der Waals surface area contributed by atoms with E-state index in [1.165, 1.54) is 0 Å². The van der Waals surface area contributed by atoms with Crippen molar-refractivity contribution >= 4 is 23.2 Å². The topological polar surface area (TPSA) is 33.2 Å². The van der Waals surface area contributed by atoms with Gasteiger partial charge in [-0.05, 0) is 35.3 Å². The van der Waals surface area contributed by atoms with E-state index < -0.39 is 0 Å². The summed E-state index contributed by atoms with van der Waals surface area (Å²) in [4.78, 5) is 17.3. The van der Waals surface area contributed by atoms with Crippen molar-refractivity contribution in [1.82, 2.24) is 9.88 Å². The second kappa shape index (κ2) is 6.64. The Bertz CT molecular complexity index is 832. The maximum atomic E-state index is 11.2. The van der Waals surface area contributed by atoms with Crippen molar-refractivity contribution in [2.24, 2.45) is 0 Å². The first-order valence-corrected chi connectivity index (χ1v) is 8.18. The molecule has 23 heavy (non-hydrogen) atoms. The number of aldehydes is 1. The molecule has 1 aliphatic rings. The average Bonchev–Trinajstić information content (AvgIpc) is 3.22. The molecule has 114 valence electrons. The molecule has 0 saturated heterocycles. The average molecular weight is 320 g/mol. The lowest BCUT2D eigenvalue weighted by Crippen LogP contribution is -2.10. The monoisotopic (exact) mass is 320 g/mol. The second-order valence-electron chi connectivity index (χ2n) is 5.47. The van der Waals surface area contributed by atoms with Gasteiger partial charge in [-0.2, -0.15) is 0 Å². The van der Waals surface area contributed by atoms with Crippen molar-refractivity contribution in [1.29, 1.82) is 0 Å². The fourth-order valence-corrected chi connectivity index (χ4v) is 2.97. The van der Waals surface area contributed by atoms with Crippen molar-refractivity contribution < 1.29 is 4.79 Å². The summed E-state index contributed by atoms with van der Waals surface area (Å²) in [7, 11) is 3.91. The summed E-state index contributed by atoms with van der Waals surface area (Å²) in [6.45, 7) is 0. The van der Waals surface area contributed by atoms with E-state index in [0.717, 1.165) is 40.0 Å². The van der Waals surface area contributed by atoms with Crippen LogP contribution in [0.5, 0.6) is 0 Å². The molecule has 0 amide bonds. The Labute approximate surface area is 140 Å². The molecule has 1 aromatic carbocycles. The number of nitrogens with zero attached hydrogens (tertiary/aromatic N) is 2. The normalized spacial score (nSPS) is 13.4. The predicted molar refractivity (Wildman–Crippen MR) is 93.9 cm³/mol. The zero-order valence-electron chi connectivity index (χ0n) is 13.0. The van der Waals surface area contributed by atoms with Gasteiger partial charge in [0.2, 0.25) is 0 Å². The van der Waals surface area contributed by atoms with Crippen LogP contribution in [0.1, 0.15) is 23.2 Å². The fourth-order valence-electron chi connectivity index (χ4n) is 2.49. The summed E-state index contributed by atoms with van der Waals surface area (Å²) in [5.41, 5.74) is 7.64. The molecule has 4 heteroatoms. The van der Waals surface area contributed by atoms with Crippen molar-refractivity contribution in [2.45, 2.75) is 6.42 Å². The number of thiazole rings is 1. The van der Waals surface area contributed by atoms with Crippen LogP contribution in [0.4, 0.5) is 0 Å². The van der Waals surface area contributed by atoms with E-state index in [0.29, 0.717) is 6.42 Å². The van der Waals surface area contributed by atoms with Crippen LogP contribution in [-0.2, 0) is 4.79 Å². The smallest absolute Gasteiger partial charge is 0.148 e. The molecule has 0 saturated carbocycles. The number of allylic oxidation sites excluding steroid dienone is 3. The second-order valence-corrected chi connectivity index (χ2v) is 6.19. The van der Waals surface area contributed by atoms with Crippen LogP contribution < -0.4 is 0 Å². The number of carbonyl (C=O) groups is 1. The van der Waals surface area contributed by atoms with Crippen LogP contribution in [-0.4, -0.2) is 30.3 Å². The Kier molecular flexibility index (Phi) is 4.40. The lowest BCUT2D eigenvalue weighted by molar-refractivity contribution is -0.105. The largest absolute Gasteiger partial charge is 0.377 e. The third-order valence-electron chi connectivity index (χ3n) is 3.67. The van der Waals surface area contributed by atoms with Crippen LogP contribution in [0.25, 0.3) is 5.57 Å². The SMILES string of the molecule is CN(C)C1=C(C=O)CC(c2ccc(C#Cc3cscn3)cc2)=C1. The minimum Gasteiger partial charge on any atom is -0.377 e. The van der Waals surface area contributed by atoms with E-state index in [9.17, 15) is 4.79 Å². The number of hydrogen-bond acceptors (Lipinski definition) is 4. The first-order chi connectivity index (χ1) is 11.2. The van der Waals surface area contributed by atoms with Gasteiger partial charge >= 0.3 is 0 Å².